The van der Waals surface area contributed by atoms with Crippen LogP contribution >= 0.6 is 11.8 Å². The van der Waals surface area contributed by atoms with E-state index in [1.54, 1.807) is 0 Å². The van der Waals surface area contributed by atoms with Gasteiger partial charge in [-0.1, -0.05) is 13.8 Å². The van der Waals surface area contributed by atoms with Crippen LogP contribution in [0.2, 0.25) is 0 Å². The van der Waals surface area contributed by atoms with Crippen molar-refractivity contribution in [1.82, 2.24) is 5.32 Å². The minimum Gasteiger partial charge on any atom is -0.379 e. The molecular weight excluding hydrogens is 194 g/mol. The van der Waals surface area contributed by atoms with Crippen molar-refractivity contribution in [2.45, 2.75) is 38.8 Å². The average Bonchev–Trinajstić information content (AvgIpc) is 2.48. The number of nitrogens with one attached hydrogen (secondary N) is 1. The molecule has 2 unspecified atom stereocenters. The van der Waals surface area contributed by atoms with Gasteiger partial charge in [0.05, 0.1) is 13.2 Å². The molecule has 82 valence electrons. The van der Waals surface area contributed by atoms with E-state index in [1.807, 2.05) is 0 Å². The van der Waals surface area contributed by atoms with E-state index < -0.39 is 0 Å². The first-order valence-corrected chi connectivity index (χ1v) is 6.75. The molecule has 0 amide bonds. The van der Waals surface area contributed by atoms with Crippen LogP contribution < -0.4 is 5.32 Å². The molecule has 0 aromatic heterocycles. The Hall–Kier alpha value is 0.270. The lowest BCUT2D eigenvalue weighted by Gasteiger charge is -2.31. The monoisotopic (exact) mass is 215 g/mol. The lowest BCUT2D eigenvalue weighted by molar-refractivity contribution is 0.166. The van der Waals surface area contributed by atoms with Crippen molar-refractivity contribution in [3.8, 4) is 0 Å². The van der Waals surface area contributed by atoms with Gasteiger partial charge in [-0.2, -0.15) is 11.8 Å². The summed E-state index contributed by atoms with van der Waals surface area (Å²) in [6, 6.07) is 1.28. The molecule has 2 saturated heterocycles. The van der Waals surface area contributed by atoms with Crippen molar-refractivity contribution in [2.75, 3.05) is 24.7 Å². The lowest BCUT2D eigenvalue weighted by Crippen LogP contribution is -2.48. The maximum absolute atomic E-state index is 5.54. The Labute approximate surface area is 91.2 Å². The fourth-order valence-electron chi connectivity index (χ4n) is 2.20. The largest absolute Gasteiger partial charge is 0.379 e. The highest BCUT2D eigenvalue weighted by molar-refractivity contribution is 7.99. The highest BCUT2D eigenvalue weighted by Crippen LogP contribution is 2.29. The number of thioether (sulfide) groups is 1. The van der Waals surface area contributed by atoms with Crippen LogP contribution in [0.15, 0.2) is 0 Å². The minimum atomic E-state index is 0.322. The van der Waals surface area contributed by atoms with Crippen molar-refractivity contribution in [2.24, 2.45) is 5.41 Å². The van der Waals surface area contributed by atoms with Crippen molar-refractivity contribution in [3.63, 3.8) is 0 Å². The van der Waals surface area contributed by atoms with Gasteiger partial charge in [-0.25, -0.2) is 0 Å². The SMILES string of the molecule is CC1(C)COCC1NC1CCCSC1. The Balaban J connectivity index is 1.83. The predicted molar refractivity (Wildman–Crippen MR) is 61.9 cm³/mol. The van der Waals surface area contributed by atoms with Gasteiger partial charge in [0, 0.05) is 23.3 Å². The summed E-state index contributed by atoms with van der Waals surface area (Å²) in [5.74, 6) is 2.63. The van der Waals surface area contributed by atoms with Crippen LogP contribution in [0.25, 0.3) is 0 Å². The van der Waals surface area contributed by atoms with Gasteiger partial charge in [0.1, 0.15) is 0 Å². The molecule has 0 saturated carbocycles. The molecule has 2 atom stereocenters. The molecule has 2 aliphatic rings. The molecule has 14 heavy (non-hydrogen) atoms. The lowest BCUT2D eigenvalue weighted by atomic mass is 9.87. The highest BCUT2D eigenvalue weighted by Gasteiger charge is 2.36. The second-order valence-electron chi connectivity index (χ2n) is 5.14. The summed E-state index contributed by atoms with van der Waals surface area (Å²) in [5, 5.41) is 3.76. The highest BCUT2D eigenvalue weighted by atomic mass is 32.2. The van der Waals surface area contributed by atoms with Crippen LogP contribution in [0.4, 0.5) is 0 Å². The number of rotatable bonds is 2. The van der Waals surface area contributed by atoms with E-state index in [1.165, 1.54) is 24.3 Å². The van der Waals surface area contributed by atoms with Crippen LogP contribution in [0.1, 0.15) is 26.7 Å². The van der Waals surface area contributed by atoms with Gasteiger partial charge >= 0.3 is 0 Å². The summed E-state index contributed by atoms with van der Waals surface area (Å²) in [7, 11) is 0. The van der Waals surface area contributed by atoms with E-state index in [4.69, 9.17) is 4.74 Å². The zero-order valence-corrected chi connectivity index (χ0v) is 10.0. The standard InChI is InChI=1S/C11H21NOS/c1-11(2)8-13-6-10(11)12-9-4-3-5-14-7-9/h9-10,12H,3-8H2,1-2H3. The first kappa shape index (κ1) is 10.8. The van der Waals surface area contributed by atoms with Crippen LogP contribution in [0, 0.1) is 5.41 Å². The molecule has 2 fully saturated rings. The number of hydrogen-bond donors (Lipinski definition) is 1. The molecule has 0 aromatic rings. The first-order chi connectivity index (χ1) is 6.68. The normalized spacial score (nSPS) is 37.3. The molecule has 0 radical (unpaired) electrons. The van der Waals surface area contributed by atoms with Gasteiger partial charge < -0.3 is 10.1 Å². The van der Waals surface area contributed by atoms with Crippen LogP contribution in [0.5, 0.6) is 0 Å². The quantitative estimate of drug-likeness (QED) is 0.760. The molecule has 0 aliphatic carbocycles. The molecule has 2 heterocycles. The van der Waals surface area contributed by atoms with E-state index in [2.05, 4.69) is 30.9 Å². The van der Waals surface area contributed by atoms with E-state index in [0.717, 1.165) is 19.3 Å². The average molecular weight is 215 g/mol. The minimum absolute atomic E-state index is 0.322. The summed E-state index contributed by atoms with van der Waals surface area (Å²) in [6.07, 6.45) is 2.72. The van der Waals surface area contributed by atoms with E-state index in [-0.39, 0.29) is 0 Å². The molecule has 2 aliphatic heterocycles. The molecule has 0 bridgehead atoms. The summed E-state index contributed by atoms with van der Waals surface area (Å²) in [4.78, 5) is 0. The third kappa shape index (κ3) is 2.44. The molecule has 3 heteroatoms. The maximum atomic E-state index is 5.54. The van der Waals surface area contributed by atoms with Gasteiger partial charge in [-0.05, 0) is 18.6 Å². The molecule has 0 spiro atoms. The van der Waals surface area contributed by atoms with Crippen LogP contribution in [-0.4, -0.2) is 36.8 Å². The maximum Gasteiger partial charge on any atom is 0.0626 e. The van der Waals surface area contributed by atoms with Gasteiger partial charge in [-0.15, -0.1) is 0 Å². The Bertz CT molecular complexity index is 190. The Morgan fingerprint density at radius 2 is 2.29 bits per heavy atom. The number of hydrogen-bond acceptors (Lipinski definition) is 3. The van der Waals surface area contributed by atoms with Crippen LogP contribution in [-0.2, 0) is 4.74 Å². The summed E-state index contributed by atoms with van der Waals surface area (Å²) >= 11 is 2.08. The second kappa shape index (κ2) is 4.42. The zero-order valence-electron chi connectivity index (χ0n) is 9.21. The van der Waals surface area contributed by atoms with E-state index >= 15 is 0 Å². The number of ether oxygens (including phenoxy) is 1. The van der Waals surface area contributed by atoms with Crippen molar-refractivity contribution >= 4 is 11.8 Å². The molecule has 2 nitrogen and oxygen atoms in total. The van der Waals surface area contributed by atoms with Crippen molar-refractivity contribution in [1.29, 1.82) is 0 Å². The van der Waals surface area contributed by atoms with Crippen molar-refractivity contribution in [3.05, 3.63) is 0 Å². The topological polar surface area (TPSA) is 21.3 Å². The van der Waals surface area contributed by atoms with Crippen molar-refractivity contribution < 1.29 is 4.74 Å². The smallest absolute Gasteiger partial charge is 0.0626 e. The summed E-state index contributed by atoms with van der Waals surface area (Å²) in [6.45, 7) is 6.40. The van der Waals surface area contributed by atoms with Crippen LogP contribution in [0.3, 0.4) is 0 Å². The van der Waals surface area contributed by atoms with E-state index in [9.17, 15) is 0 Å². The summed E-state index contributed by atoms with van der Waals surface area (Å²) < 4.78 is 5.54. The van der Waals surface area contributed by atoms with E-state index in [0.29, 0.717) is 11.5 Å². The second-order valence-corrected chi connectivity index (χ2v) is 6.29. The fourth-order valence-corrected chi connectivity index (χ4v) is 3.28. The molecular formula is C11H21NOS. The third-order valence-corrected chi connectivity index (χ3v) is 4.51. The first-order valence-electron chi connectivity index (χ1n) is 5.60. The van der Waals surface area contributed by atoms with Gasteiger partial charge in [-0.3, -0.25) is 0 Å². The Kier molecular flexibility index (Phi) is 3.40. The molecule has 2 rings (SSSR count). The Morgan fingerprint density at radius 3 is 2.86 bits per heavy atom. The Morgan fingerprint density at radius 1 is 1.43 bits per heavy atom. The molecule has 1 N–H and O–H groups in total. The summed E-state index contributed by atoms with van der Waals surface area (Å²) in [5.41, 5.74) is 0.322. The third-order valence-electron chi connectivity index (χ3n) is 3.30. The fraction of sp³-hybridized carbons (Fsp3) is 1.00. The van der Waals surface area contributed by atoms with Gasteiger partial charge in [0.2, 0.25) is 0 Å². The molecule has 0 aromatic carbocycles. The van der Waals surface area contributed by atoms with Gasteiger partial charge in [0.25, 0.3) is 0 Å². The zero-order chi connectivity index (χ0) is 10.0. The van der Waals surface area contributed by atoms with Gasteiger partial charge in [0.15, 0.2) is 0 Å². The predicted octanol–water partition coefficient (Wildman–Crippen LogP) is 1.90.